The predicted molar refractivity (Wildman–Crippen MR) is 76.0 cm³/mol. The summed E-state index contributed by atoms with van der Waals surface area (Å²) in [6.45, 7) is 0. The summed E-state index contributed by atoms with van der Waals surface area (Å²) in [5, 5.41) is 4.40. The van der Waals surface area contributed by atoms with Crippen LogP contribution in [0.2, 0.25) is 0 Å². The zero-order chi connectivity index (χ0) is 12.5. The molecule has 0 saturated heterocycles. The minimum atomic E-state index is -1.20. The SMILES string of the molecule is Nc1ccccc1CS(=O)c1nc2cscc2[nH]1.[H-].[Na+]. The number of rotatable bonds is 3. The molecule has 3 aromatic rings. The zero-order valence-electron chi connectivity index (χ0n) is 11.4. The van der Waals surface area contributed by atoms with Crippen molar-refractivity contribution in [3.05, 3.63) is 40.6 Å². The number of thiophene rings is 1. The second kappa shape index (κ2) is 6.19. The second-order valence-electron chi connectivity index (χ2n) is 3.90. The van der Waals surface area contributed by atoms with Crippen LogP contribution in [-0.4, -0.2) is 14.2 Å². The number of imidazole rings is 1. The Hall–Kier alpha value is -0.660. The molecule has 0 aliphatic carbocycles. The summed E-state index contributed by atoms with van der Waals surface area (Å²) < 4.78 is 12.2. The Morgan fingerprint density at radius 3 is 2.89 bits per heavy atom. The van der Waals surface area contributed by atoms with E-state index in [1.54, 1.807) is 11.3 Å². The third-order valence-corrected chi connectivity index (χ3v) is 4.59. The second-order valence-corrected chi connectivity index (χ2v) is 6.01. The van der Waals surface area contributed by atoms with E-state index in [4.69, 9.17) is 5.73 Å². The Labute approximate surface area is 140 Å². The average Bonchev–Trinajstić information content (AvgIpc) is 2.92. The van der Waals surface area contributed by atoms with Crippen LogP contribution in [-0.2, 0) is 16.6 Å². The molecule has 0 bridgehead atoms. The molecule has 19 heavy (non-hydrogen) atoms. The number of para-hydroxylation sites is 1. The molecular formula is C12H12N3NaOS2. The zero-order valence-corrected chi connectivity index (χ0v) is 14.1. The third kappa shape index (κ3) is 3.09. The summed E-state index contributed by atoms with van der Waals surface area (Å²) >= 11 is 1.57. The number of hydrogen-bond acceptors (Lipinski definition) is 4. The van der Waals surface area contributed by atoms with E-state index in [0.717, 1.165) is 16.6 Å². The molecule has 0 amide bonds. The Morgan fingerprint density at radius 1 is 1.37 bits per heavy atom. The number of fused-ring (bicyclic) bond motifs is 1. The number of aromatic nitrogens is 2. The standard InChI is InChI=1S/C12H11N3OS2.Na.H/c13-9-4-2-1-3-8(9)7-18(16)12-14-10-5-17-6-11(10)15-12;;/h1-6H,7,13H2,(H,14,15);;/q;+1;-1. The van der Waals surface area contributed by atoms with E-state index < -0.39 is 10.8 Å². The normalized spacial score (nSPS) is 12.2. The van der Waals surface area contributed by atoms with Crippen molar-refractivity contribution in [1.29, 1.82) is 0 Å². The van der Waals surface area contributed by atoms with E-state index in [1.165, 1.54) is 0 Å². The number of nitrogens with zero attached hydrogens (tertiary/aromatic N) is 1. The first-order valence-electron chi connectivity index (χ1n) is 5.38. The van der Waals surface area contributed by atoms with Crippen molar-refractivity contribution in [1.82, 2.24) is 9.97 Å². The number of nitrogens with one attached hydrogen (secondary N) is 1. The fourth-order valence-electron chi connectivity index (χ4n) is 1.71. The van der Waals surface area contributed by atoms with Crippen LogP contribution in [0, 0.1) is 0 Å². The molecule has 1 aromatic carbocycles. The maximum atomic E-state index is 12.2. The molecule has 0 fully saturated rings. The monoisotopic (exact) mass is 301 g/mol. The van der Waals surface area contributed by atoms with Gasteiger partial charge in [-0.3, -0.25) is 4.21 Å². The van der Waals surface area contributed by atoms with Crippen LogP contribution in [0.5, 0.6) is 0 Å². The number of anilines is 1. The van der Waals surface area contributed by atoms with Gasteiger partial charge in [-0.25, -0.2) is 4.98 Å². The third-order valence-electron chi connectivity index (χ3n) is 2.66. The van der Waals surface area contributed by atoms with Gasteiger partial charge in [-0.15, -0.1) is 11.3 Å². The van der Waals surface area contributed by atoms with Crippen LogP contribution in [0.15, 0.2) is 40.2 Å². The first-order valence-corrected chi connectivity index (χ1v) is 7.64. The molecular weight excluding hydrogens is 289 g/mol. The van der Waals surface area contributed by atoms with Crippen molar-refractivity contribution in [3.8, 4) is 0 Å². The molecule has 7 heteroatoms. The van der Waals surface area contributed by atoms with E-state index >= 15 is 0 Å². The van der Waals surface area contributed by atoms with Crippen molar-refractivity contribution < 1.29 is 35.2 Å². The molecule has 3 N–H and O–H groups in total. The summed E-state index contributed by atoms with van der Waals surface area (Å²) in [6, 6.07) is 7.46. The molecule has 0 radical (unpaired) electrons. The molecule has 1 atom stereocenters. The van der Waals surface area contributed by atoms with Crippen LogP contribution in [0.25, 0.3) is 11.0 Å². The topological polar surface area (TPSA) is 71.8 Å². The Balaban J connectivity index is 0.000001000. The molecule has 2 heterocycles. The molecule has 0 spiro atoms. The molecule has 2 aromatic heterocycles. The largest absolute Gasteiger partial charge is 1.00 e. The molecule has 1 unspecified atom stereocenters. The van der Waals surface area contributed by atoms with Gasteiger partial charge in [0.15, 0.2) is 5.16 Å². The van der Waals surface area contributed by atoms with Crippen molar-refractivity contribution in [3.63, 3.8) is 0 Å². The molecule has 0 aliphatic rings. The van der Waals surface area contributed by atoms with Crippen LogP contribution < -0.4 is 35.3 Å². The fraction of sp³-hybridized carbons (Fsp3) is 0.0833. The van der Waals surface area contributed by atoms with E-state index in [0.29, 0.717) is 16.6 Å². The summed E-state index contributed by atoms with van der Waals surface area (Å²) in [7, 11) is -1.20. The Kier molecular flexibility index (Phi) is 4.81. The average molecular weight is 301 g/mol. The first kappa shape index (κ1) is 14.7. The maximum Gasteiger partial charge on any atom is 1.00 e. The number of hydrogen-bond donors (Lipinski definition) is 2. The first-order chi connectivity index (χ1) is 8.74. The predicted octanol–water partition coefficient (Wildman–Crippen LogP) is -0.369. The quantitative estimate of drug-likeness (QED) is 0.512. The van der Waals surface area contributed by atoms with Gasteiger partial charge in [-0.1, -0.05) is 18.2 Å². The van der Waals surface area contributed by atoms with E-state index in [1.807, 2.05) is 35.0 Å². The minimum absolute atomic E-state index is 0. The van der Waals surface area contributed by atoms with Gasteiger partial charge in [0.1, 0.15) is 5.52 Å². The Bertz CT molecular complexity index is 700. The van der Waals surface area contributed by atoms with Crippen molar-refractivity contribution >= 4 is 38.9 Å². The van der Waals surface area contributed by atoms with Crippen molar-refractivity contribution in [2.75, 3.05) is 5.73 Å². The summed E-state index contributed by atoms with van der Waals surface area (Å²) in [6.07, 6.45) is 0. The van der Waals surface area contributed by atoms with Gasteiger partial charge in [-0.05, 0) is 11.6 Å². The number of benzene rings is 1. The van der Waals surface area contributed by atoms with Gasteiger partial charge in [0.05, 0.1) is 22.1 Å². The number of nitrogens with two attached hydrogens (primary N) is 1. The van der Waals surface area contributed by atoms with E-state index in [2.05, 4.69) is 9.97 Å². The molecule has 3 rings (SSSR count). The summed E-state index contributed by atoms with van der Waals surface area (Å²) in [5.74, 6) is 0.381. The fourth-order valence-corrected chi connectivity index (χ4v) is 3.50. The molecule has 0 aliphatic heterocycles. The van der Waals surface area contributed by atoms with E-state index in [9.17, 15) is 4.21 Å². The summed E-state index contributed by atoms with van der Waals surface area (Å²) in [4.78, 5) is 7.39. The van der Waals surface area contributed by atoms with Gasteiger partial charge in [0, 0.05) is 16.4 Å². The molecule has 0 saturated carbocycles. The van der Waals surface area contributed by atoms with Crippen molar-refractivity contribution in [2.45, 2.75) is 10.9 Å². The maximum absolute atomic E-state index is 12.2. The molecule has 94 valence electrons. The smallest absolute Gasteiger partial charge is 1.00 e. The van der Waals surface area contributed by atoms with Crippen LogP contribution in [0.3, 0.4) is 0 Å². The molecule has 4 nitrogen and oxygen atoms in total. The van der Waals surface area contributed by atoms with Gasteiger partial charge >= 0.3 is 29.6 Å². The van der Waals surface area contributed by atoms with Crippen LogP contribution in [0.1, 0.15) is 6.99 Å². The van der Waals surface area contributed by atoms with Gasteiger partial charge in [0.2, 0.25) is 0 Å². The van der Waals surface area contributed by atoms with Gasteiger partial charge in [0.25, 0.3) is 0 Å². The number of nitrogen functional groups attached to an aromatic ring is 1. The summed E-state index contributed by atoms with van der Waals surface area (Å²) in [5.41, 5.74) is 9.19. The van der Waals surface area contributed by atoms with Gasteiger partial charge < -0.3 is 12.1 Å². The van der Waals surface area contributed by atoms with Gasteiger partial charge in [-0.2, -0.15) is 0 Å². The number of aromatic amines is 1. The minimum Gasteiger partial charge on any atom is -1.00 e. The van der Waals surface area contributed by atoms with E-state index in [-0.39, 0.29) is 31.0 Å². The number of H-pyrrole nitrogens is 1. The van der Waals surface area contributed by atoms with Crippen LogP contribution in [0.4, 0.5) is 5.69 Å². The van der Waals surface area contributed by atoms with Crippen molar-refractivity contribution in [2.24, 2.45) is 0 Å². The Morgan fingerprint density at radius 2 is 2.16 bits per heavy atom. The van der Waals surface area contributed by atoms with Crippen LogP contribution >= 0.6 is 11.3 Å².